The Morgan fingerprint density at radius 3 is 2.44 bits per heavy atom. The van der Waals surface area contributed by atoms with E-state index < -0.39 is 58.0 Å². The number of aliphatic hydroxyl groups excluding tert-OH is 2. The number of fused-ring (bicyclic) bond motifs is 3. The molecule has 0 saturated heterocycles. The monoisotopic (exact) mass is 443 g/mol. The van der Waals surface area contributed by atoms with E-state index in [4.69, 9.17) is 11.5 Å². The molecule has 0 spiro atoms. The van der Waals surface area contributed by atoms with Gasteiger partial charge in [-0.15, -0.1) is 0 Å². The molecule has 170 valence electrons. The van der Waals surface area contributed by atoms with Gasteiger partial charge in [-0.3, -0.25) is 19.3 Å². The molecule has 3 aliphatic rings. The number of carbonyl (C=O) groups is 3. The molecule has 0 aliphatic heterocycles. The molecule has 1 amide bonds. The molecule has 0 radical (unpaired) electrons. The van der Waals surface area contributed by atoms with E-state index in [1.807, 2.05) is 0 Å². The first-order chi connectivity index (χ1) is 15.0. The highest BCUT2D eigenvalue weighted by atomic mass is 16.3. The van der Waals surface area contributed by atoms with Crippen molar-refractivity contribution >= 4 is 17.5 Å². The number of allylic oxidation sites excluding steroid dienone is 1. The van der Waals surface area contributed by atoms with Crippen molar-refractivity contribution < 1.29 is 34.8 Å². The number of nitrogens with zero attached hydrogens (tertiary/aromatic N) is 1. The summed E-state index contributed by atoms with van der Waals surface area (Å²) in [5.41, 5.74) is 8.13. The topological polar surface area (TPSA) is 187 Å². The van der Waals surface area contributed by atoms with E-state index in [-0.39, 0.29) is 36.3 Å². The molecule has 4 atom stereocenters. The number of aliphatic hydroxyl groups is 3. The summed E-state index contributed by atoms with van der Waals surface area (Å²) in [6.07, 6.45) is 0.318. The molecule has 0 bridgehead atoms. The molecule has 0 fully saturated rings. The zero-order chi connectivity index (χ0) is 23.7. The largest absolute Gasteiger partial charge is 0.510 e. The number of aromatic hydroxyl groups is 1. The Balaban J connectivity index is 1.96. The van der Waals surface area contributed by atoms with Gasteiger partial charge in [0.25, 0.3) is 5.91 Å². The maximum atomic E-state index is 13.4. The molecule has 0 heterocycles. The van der Waals surface area contributed by atoms with Gasteiger partial charge in [-0.1, -0.05) is 12.1 Å². The van der Waals surface area contributed by atoms with Crippen LogP contribution in [0.5, 0.6) is 5.75 Å². The Morgan fingerprint density at radius 2 is 1.88 bits per heavy atom. The lowest BCUT2D eigenvalue weighted by atomic mass is 9.58. The average molecular weight is 443 g/mol. The first-order valence-corrected chi connectivity index (χ1v) is 10.1. The fraction of sp³-hybridized carbons (Fsp3) is 0.409. The normalized spacial score (nSPS) is 29.7. The van der Waals surface area contributed by atoms with Gasteiger partial charge in [0.05, 0.1) is 11.6 Å². The SMILES string of the molecule is CN(C)[C@@H]1C(O)=C(C(N)=O)C(=O)[C@@]2(O)C(O)=C3C(=O)c4c(ccc(CN)c4O)CC3CC12. The quantitative estimate of drug-likeness (QED) is 0.337. The minimum absolute atomic E-state index is 0.0120. The predicted molar refractivity (Wildman–Crippen MR) is 112 cm³/mol. The lowest BCUT2D eigenvalue weighted by molar-refractivity contribution is -0.148. The van der Waals surface area contributed by atoms with Gasteiger partial charge in [-0.05, 0) is 38.4 Å². The van der Waals surface area contributed by atoms with E-state index in [1.54, 1.807) is 26.2 Å². The number of nitrogens with two attached hydrogens (primary N) is 2. The minimum atomic E-state index is -2.63. The molecule has 0 saturated carbocycles. The number of ketones is 2. The molecule has 32 heavy (non-hydrogen) atoms. The van der Waals surface area contributed by atoms with E-state index in [0.717, 1.165) is 0 Å². The van der Waals surface area contributed by atoms with Crippen LogP contribution in [0.25, 0.3) is 0 Å². The van der Waals surface area contributed by atoms with Crippen molar-refractivity contribution in [1.82, 2.24) is 4.90 Å². The van der Waals surface area contributed by atoms with Crippen LogP contribution < -0.4 is 11.5 Å². The number of likely N-dealkylation sites (N-methyl/N-ethyl adjacent to an activating group) is 1. The summed E-state index contributed by atoms with van der Waals surface area (Å²) in [4.78, 5) is 40.0. The van der Waals surface area contributed by atoms with Crippen LogP contribution >= 0.6 is 0 Å². The van der Waals surface area contributed by atoms with E-state index in [2.05, 4.69) is 0 Å². The Hall–Kier alpha value is -3.21. The van der Waals surface area contributed by atoms with Gasteiger partial charge in [0.15, 0.2) is 11.4 Å². The average Bonchev–Trinajstić information content (AvgIpc) is 2.70. The summed E-state index contributed by atoms with van der Waals surface area (Å²) in [7, 11) is 3.17. The van der Waals surface area contributed by atoms with Crippen LogP contribution in [0.2, 0.25) is 0 Å². The summed E-state index contributed by atoms with van der Waals surface area (Å²) >= 11 is 0. The Kier molecular flexibility index (Phi) is 4.92. The zero-order valence-corrected chi connectivity index (χ0v) is 17.6. The highest BCUT2D eigenvalue weighted by Gasteiger charge is 2.63. The Morgan fingerprint density at radius 1 is 1.22 bits per heavy atom. The van der Waals surface area contributed by atoms with Gasteiger partial charge in [0.1, 0.15) is 22.8 Å². The van der Waals surface area contributed by atoms with Crippen LogP contribution in [-0.2, 0) is 22.6 Å². The van der Waals surface area contributed by atoms with Crippen LogP contribution in [0, 0.1) is 11.8 Å². The summed E-state index contributed by atoms with van der Waals surface area (Å²) in [5.74, 6) is -6.62. The maximum absolute atomic E-state index is 13.4. The van der Waals surface area contributed by atoms with E-state index >= 15 is 0 Å². The molecule has 1 aromatic carbocycles. The first kappa shape index (κ1) is 22.0. The van der Waals surface area contributed by atoms with Crippen LogP contribution in [-0.4, -0.2) is 68.5 Å². The van der Waals surface area contributed by atoms with Crippen LogP contribution in [0.1, 0.15) is 27.9 Å². The number of amides is 1. The third-order valence-corrected chi connectivity index (χ3v) is 6.90. The molecule has 10 heteroatoms. The van der Waals surface area contributed by atoms with Crippen LogP contribution in [0.15, 0.2) is 34.8 Å². The molecule has 3 aliphatic carbocycles. The van der Waals surface area contributed by atoms with E-state index in [0.29, 0.717) is 11.1 Å². The molecule has 10 nitrogen and oxygen atoms in total. The van der Waals surface area contributed by atoms with Crippen LogP contribution in [0.3, 0.4) is 0 Å². The zero-order valence-electron chi connectivity index (χ0n) is 17.6. The molecule has 0 aromatic heterocycles. The second-order valence-electron chi connectivity index (χ2n) is 8.77. The Labute approximate surface area is 183 Å². The second kappa shape index (κ2) is 7.16. The highest BCUT2D eigenvalue weighted by Crippen LogP contribution is 2.52. The number of phenols is 1. The number of Topliss-reactive ketones (excluding diaryl/α,β-unsaturated/α-hetero) is 2. The predicted octanol–water partition coefficient (Wildman–Crippen LogP) is -0.421. The summed E-state index contributed by atoms with van der Waals surface area (Å²) < 4.78 is 0. The van der Waals surface area contributed by atoms with Gasteiger partial charge in [-0.25, -0.2) is 0 Å². The van der Waals surface area contributed by atoms with Crippen molar-refractivity contribution in [2.75, 3.05) is 14.1 Å². The number of carbonyl (C=O) groups excluding carboxylic acids is 3. The number of benzene rings is 1. The first-order valence-electron chi connectivity index (χ1n) is 10.1. The molecule has 1 aromatic rings. The number of primary amides is 1. The van der Waals surface area contributed by atoms with Gasteiger partial charge in [0.2, 0.25) is 5.78 Å². The highest BCUT2D eigenvalue weighted by molar-refractivity contribution is 6.24. The maximum Gasteiger partial charge on any atom is 0.255 e. The van der Waals surface area contributed by atoms with Crippen LogP contribution in [0.4, 0.5) is 0 Å². The van der Waals surface area contributed by atoms with E-state index in [1.165, 1.54) is 4.90 Å². The second-order valence-corrected chi connectivity index (χ2v) is 8.77. The van der Waals surface area contributed by atoms with Gasteiger partial charge >= 0.3 is 0 Å². The van der Waals surface area contributed by atoms with E-state index in [9.17, 15) is 34.8 Å². The molecular weight excluding hydrogens is 418 g/mol. The molecule has 4 rings (SSSR count). The van der Waals surface area contributed by atoms with Crippen molar-refractivity contribution in [2.45, 2.75) is 31.0 Å². The third-order valence-electron chi connectivity index (χ3n) is 6.90. The van der Waals surface area contributed by atoms with Crippen molar-refractivity contribution in [3.05, 3.63) is 51.5 Å². The minimum Gasteiger partial charge on any atom is -0.510 e. The van der Waals surface area contributed by atoms with Gasteiger partial charge in [0, 0.05) is 23.6 Å². The number of hydrogen-bond acceptors (Lipinski definition) is 9. The van der Waals surface area contributed by atoms with Crippen molar-refractivity contribution in [2.24, 2.45) is 23.3 Å². The Bertz CT molecular complexity index is 1140. The van der Waals surface area contributed by atoms with Crippen molar-refractivity contribution in [1.29, 1.82) is 0 Å². The number of phenolic OH excluding ortho intramolecular Hbond substituents is 1. The number of hydrogen-bond donors (Lipinski definition) is 6. The fourth-order valence-corrected chi connectivity index (χ4v) is 5.43. The lowest BCUT2D eigenvalue weighted by Crippen LogP contribution is -2.63. The standard InChI is InChI=1S/C22H25N3O7/c1-25(2)15-11-6-10-5-8-3-4-9(7-23)16(26)12(8)17(27)13(10)19(29)22(11,32)20(30)14(18(15)28)21(24)31/h3-4,10-11,15,26,28-29,32H,5-7,23H2,1-2H3,(H2,24,31)/t10?,11?,15-,22-/m0/s1. The summed E-state index contributed by atoms with van der Waals surface area (Å²) in [6, 6.07) is 2.30. The molecule has 8 N–H and O–H groups in total. The smallest absolute Gasteiger partial charge is 0.255 e. The van der Waals surface area contributed by atoms with Gasteiger partial charge < -0.3 is 31.9 Å². The van der Waals surface area contributed by atoms with Gasteiger partial charge in [-0.2, -0.15) is 0 Å². The summed E-state index contributed by atoms with van der Waals surface area (Å²) in [5, 5.41) is 43.8. The third kappa shape index (κ3) is 2.66. The summed E-state index contributed by atoms with van der Waals surface area (Å²) in [6.45, 7) is -0.0120. The fourth-order valence-electron chi connectivity index (χ4n) is 5.43. The number of rotatable bonds is 3. The molecular formula is C22H25N3O7. The van der Waals surface area contributed by atoms with Crippen molar-refractivity contribution in [3.63, 3.8) is 0 Å². The van der Waals surface area contributed by atoms with Crippen molar-refractivity contribution in [3.8, 4) is 5.75 Å². The lowest BCUT2D eigenvalue weighted by Gasteiger charge is -2.50. The molecule has 2 unspecified atom stereocenters.